The van der Waals surface area contributed by atoms with E-state index < -0.39 is 0 Å². The van der Waals surface area contributed by atoms with Crippen molar-refractivity contribution in [1.29, 1.82) is 0 Å². The lowest BCUT2D eigenvalue weighted by atomic mass is 10.0. The minimum absolute atomic E-state index is 0.251. The zero-order chi connectivity index (χ0) is 13.0. The van der Waals surface area contributed by atoms with Gasteiger partial charge in [-0.3, -0.25) is 4.79 Å². The van der Waals surface area contributed by atoms with Crippen LogP contribution in [0.15, 0.2) is 0 Å². The smallest absolute Gasteiger partial charge is 0.225 e. The van der Waals surface area contributed by atoms with Gasteiger partial charge in [0.1, 0.15) is 0 Å². The number of hydrogen-bond donors (Lipinski definition) is 1. The summed E-state index contributed by atoms with van der Waals surface area (Å²) in [4.78, 5) is 16.9. The summed E-state index contributed by atoms with van der Waals surface area (Å²) in [5, 5.41) is 0. The number of nitrogens with two attached hydrogens (primary N) is 1. The SMILES string of the molecule is CC(C(=O)N1CCCN(CCCN)CC1)C1CC1. The minimum atomic E-state index is 0.251. The Kier molecular flexibility index (Phi) is 5.01. The molecule has 1 saturated carbocycles. The monoisotopic (exact) mass is 253 g/mol. The molecule has 2 rings (SSSR count). The molecule has 1 atom stereocenters. The van der Waals surface area contributed by atoms with E-state index in [1.807, 2.05) is 0 Å². The molecule has 0 bridgehead atoms. The number of rotatable bonds is 5. The summed E-state index contributed by atoms with van der Waals surface area (Å²) in [6.45, 7) is 7.92. The fourth-order valence-electron chi connectivity index (χ4n) is 2.82. The highest BCUT2D eigenvalue weighted by molar-refractivity contribution is 5.79. The van der Waals surface area contributed by atoms with E-state index in [0.29, 0.717) is 11.8 Å². The van der Waals surface area contributed by atoms with Crippen LogP contribution in [0.5, 0.6) is 0 Å². The first-order valence-electron chi connectivity index (χ1n) is 7.43. The van der Waals surface area contributed by atoms with Gasteiger partial charge in [0.15, 0.2) is 0 Å². The van der Waals surface area contributed by atoms with Crippen molar-refractivity contribution < 1.29 is 4.79 Å². The van der Waals surface area contributed by atoms with E-state index in [1.54, 1.807) is 0 Å². The molecule has 0 aromatic rings. The first-order valence-corrected chi connectivity index (χ1v) is 7.43. The van der Waals surface area contributed by atoms with Crippen molar-refractivity contribution in [2.75, 3.05) is 39.3 Å². The van der Waals surface area contributed by atoms with Gasteiger partial charge in [-0.2, -0.15) is 0 Å². The fraction of sp³-hybridized carbons (Fsp3) is 0.929. The van der Waals surface area contributed by atoms with Gasteiger partial charge in [0.25, 0.3) is 0 Å². The first-order chi connectivity index (χ1) is 8.72. The largest absolute Gasteiger partial charge is 0.341 e. The number of carbonyl (C=O) groups excluding carboxylic acids is 1. The summed E-state index contributed by atoms with van der Waals surface area (Å²) in [5.74, 6) is 1.31. The van der Waals surface area contributed by atoms with Crippen LogP contribution in [0, 0.1) is 11.8 Å². The lowest BCUT2D eigenvalue weighted by Gasteiger charge is -2.24. The Balaban J connectivity index is 1.78. The van der Waals surface area contributed by atoms with Crippen LogP contribution in [0.25, 0.3) is 0 Å². The standard InChI is InChI=1S/C14H27N3O/c1-12(13-4-5-13)14(18)17-9-3-8-16(10-11-17)7-2-6-15/h12-13H,2-11,15H2,1H3. The third-order valence-electron chi connectivity index (χ3n) is 4.30. The van der Waals surface area contributed by atoms with Gasteiger partial charge in [0.05, 0.1) is 0 Å². The van der Waals surface area contributed by atoms with Crippen LogP contribution < -0.4 is 5.73 Å². The normalized spacial score (nSPS) is 23.8. The van der Waals surface area contributed by atoms with E-state index in [4.69, 9.17) is 5.73 Å². The Morgan fingerprint density at radius 3 is 2.72 bits per heavy atom. The second-order valence-corrected chi connectivity index (χ2v) is 5.79. The van der Waals surface area contributed by atoms with Gasteiger partial charge in [-0.25, -0.2) is 0 Å². The van der Waals surface area contributed by atoms with Crippen LogP contribution in [0.1, 0.15) is 32.6 Å². The molecule has 0 aromatic heterocycles. The molecule has 4 heteroatoms. The molecule has 104 valence electrons. The molecule has 1 amide bonds. The Morgan fingerprint density at radius 1 is 1.28 bits per heavy atom. The summed E-state index contributed by atoms with van der Waals surface area (Å²) < 4.78 is 0. The average molecular weight is 253 g/mol. The zero-order valence-electron chi connectivity index (χ0n) is 11.6. The molecule has 2 aliphatic rings. The van der Waals surface area contributed by atoms with Crippen molar-refractivity contribution in [3.8, 4) is 0 Å². The maximum absolute atomic E-state index is 12.3. The molecule has 2 N–H and O–H groups in total. The second kappa shape index (κ2) is 6.53. The van der Waals surface area contributed by atoms with Crippen LogP contribution in [-0.4, -0.2) is 55.0 Å². The highest BCUT2D eigenvalue weighted by Crippen LogP contribution is 2.37. The highest BCUT2D eigenvalue weighted by atomic mass is 16.2. The minimum Gasteiger partial charge on any atom is -0.341 e. The quantitative estimate of drug-likeness (QED) is 0.792. The number of carbonyl (C=O) groups is 1. The molecular weight excluding hydrogens is 226 g/mol. The van der Waals surface area contributed by atoms with E-state index in [2.05, 4.69) is 16.7 Å². The number of amides is 1. The van der Waals surface area contributed by atoms with Crippen molar-refractivity contribution in [1.82, 2.24) is 9.80 Å². The predicted octanol–water partition coefficient (Wildman–Crippen LogP) is 0.916. The molecule has 18 heavy (non-hydrogen) atoms. The van der Waals surface area contributed by atoms with Gasteiger partial charge in [0.2, 0.25) is 5.91 Å². The van der Waals surface area contributed by atoms with Gasteiger partial charge in [-0.15, -0.1) is 0 Å². The van der Waals surface area contributed by atoms with Gasteiger partial charge < -0.3 is 15.5 Å². The molecule has 0 aromatic carbocycles. The van der Waals surface area contributed by atoms with Crippen LogP contribution in [-0.2, 0) is 4.79 Å². The Labute approximate surface area is 110 Å². The number of nitrogens with zero attached hydrogens (tertiary/aromatic N) is 2. The van der Waals surface area contributed by atoms with Crippen molar-refractivity contribution >= 4 is 5.91 Å². The van der Waals surface area contributed by atoms with Gasteiger partial charge in [-0.1, -0.05) is 6.92 Å². The lowest BCUT2D eigenvalue weighted by Crippen LogP contribution is -2.39. The van der Waals surface area contributed by atoms with Crippen molar-refractivity contribution in [2.24, 2.45) is 17.6 Å². The lowest BCUT2D eigenvalue weighted by molar-refractivity contribution is -0.135. The van der Waals surface area contributed by atoms with E-state index in [9.17, 15) is 4.79 Å². The maximum Gasteiger partial charge on any atom is 0.225 e. The molecule has 1 saturated heterocycles. The van der Waals surface area contributed by atoms with Crippen molar-refractivity contribution in [3.63, 3.8) is 0 Å². The van der Waals surface area contributed by atoms with Crippen LogP contribution in [0.3, 0.4) is 0 Å². The molecule has 1 aliphatic carbocycles. The Hall–Kier alpha value is -0.610. The first kappa shape index (κ1) is 13.8. The van der Waals surface area contributed by atoms with Gasteiger partial charge in [-0.05, 0) is 51.2 Å². The summed E-state index contributed by atoms with van der Waals surface area (Å²) in [6.07, 6.45) is 4.67. The van der Waals surface area contributed by atoms with E-state index in [-0.39, 0.29) is 5.92 Å². The number of hydrogen-bond acceptors (Lipinski definition) is 3. The third kappa shape index (κ3) is 3.69. The summed E-state index contributed by atoms with van der Waals surface area (Å²) >= 11 is 0. The topological polar surface area (TPSA) is 49.6 Å². The predicted molar refractivity (Wildman–Crippen MR) is 73.2 cm³/mol. The van der Waals surface area contributed by atoms with Gasteiger partial charge in [0, 0.05) is 25.6 Å². The molecular formula is C14H27N3O. The molecule has 1 unspecified atom stereocenters. The maximum atomic E-state index is 12.3. The van der Waals surface area contributed by atoms with E-state index >= 15 is 0 Å². The Bertz CT molecular complexity index is 278. The van der Waals surface area contributed by atoms with Crippen LogP contribution in [0.4, 0.5) is 0 Å². The van der Waals surface area contributed by atoms with E-state index in [1.165, 1.54) is 12.8 Å². The molecule has 4 nitrogen and oxygen atoms in total. The van der Waals surface area contributed by atoms with Crippen LogP contribution in [0.2, 0.25) is 0 Å². The molecule has 1 aliphatic heterocycles. The van der Waals surface area contributed by atoms with Crippen molar-refractivity contribution in [3.05, 3.63) is 0 Å². The summed E-state index contributed by atoms with van der Waals surface area (Å²) in [5.41, 5.74) is 5.55. The zero-order valence-corrected chi connectivity index (χ0v) is 11.6. The van der Waals surface area contributed by atoms with Crippen LogP contribution >= 0.6 is 0 Å². The molecule has 2 fully saturated rings. The second-order valence-electron chi connectivity index (χ2n) is 5.79. The average Bonchev–Trinajstić information content (AvgIpc) is 3.20. The molecule has 0 radical (unpaired) electrons. The summed E-state index contributed by atoms with van der Waals surface area (Å²) in [7, 11) is 0. The Morgan fingerprint density at radius 2 is 2.06 bits per heavy atom. The molecule has 0 spiro atoms. The van der Waals surface area contributed by atoms with E-state index in [0.717, 1.165) is 52.1 Å². The highest BCUT2D eigenvalue weighted by Gasteiger charge is 2.35. The summed E-state index contributed by atoms with van der Waals surface area (Å²) in [6, 6.07) is 0. The third-order valence-corrected chi connectivity index (χ3v) is 4.30. The van der Waals surface area contributed by atoms with Gasteiger partial charge >= 0.3 is 0 Å². The molecule has 1 heterocycles. The fourth-order valence-corrected chi connectivity index (χ4v) is 2.82. The van der Waals surface area contributed by atoms with Crippen molar-refractivity contribution in [2.45, 2.75) is 32.6 Å².